The maximum Gasteiger partial charge on any atom is 0.170 e. The van der Waals surface area contributed by atoms with E-state index >= 15 is 0 Å². The van der Waals surface area contributed by atoms with Gasteiger partial charge in [-0.05, 0) is 37.6 Å². The zero-order valence-corrected chi connectivity index (χ0v) is 10.9. The molecule has 3 nitrogen and oxygen atoms in total. The van der Waals surface area contributed by atoms with Crippen molar-refractivity contribution >= 4 is 11.8 Å². The third kappa shape index (κ3) is 1.93. The van der Waals surface area contributed by atoms with Crippen molar-refractivity contribution in [3.8, 4) is 11.4 Å². The first-order valence-electron chi connectivity index (χ1n) is 6.20. The van der Waals surface area contributed by atoms with Gasteiger partial charge >= 0.3 is 0 Å². The molecule has 3 heteroatoms. The molecule has 2 heterocycles. The van der Waals surface area contributed by atoms with Gasteiger partial charge < -0.3 is 0 Å². The molecule has 0 fully saturated rings. The van der Waals surface area contributed by atoms with Crippen LogP contribution in [-0.4, -0.2) is 15.7 Å². The van der Waals surface area contributed by atoms with Crippen molar-refractivity contribution in [3.63, 3.8) is 0 Å². The second-order valence-electron chi connectivity index (χ2n) is 4.77. The Hall–Kier alpha value is -2.42. The molecule has 2 aromatic heterocycles. The van der Waals surface area contributed by atoms with E-state index in [9.17, 15) is 4.79 Å². The van der Waals surface area contributed by atoms with Gasteiger partial charge in [0.2, 0.25) is 0 Å². The smallest absolute Gasteiger partial charge is 0.170 e. The van der Waals surface area contributed by atoms with Crippen molar-refractivity contribution in [1.82, 2.24) is 9.38 Å². The molecule has 0 spiro atoms. The summed E-state index contributed by atoms with van der Waals surface area (Å²) in [4.78, 5) is 15.6. The zero-order chi connectivity index (χ0) is 13.4. The average Bonchev–Trinajstić information content (AvgIpc) is 2.76. The molecule has 0 amide bonds. The van der Waals surface area contributed by atoms with E-state index in [1.165, 1.54) is 5.56 Å². The predicted molar refractivity (Wildman–Crippen MR) is 75.5 cm³/mol. The Bertz CT molecular complexity index is 772. The van der Waals surface area contributed by atoms with Crippen molar-refractivity contribution < 1.29 is 4.79 Å². The Kier molecular flexibility index (Phi) is 2.67. The lowest BCUT2D eigenvalue weighted by Crippen LogP contribution is -1.89. The number of fused-ring (bicyclic) bond motifs is 1. The Morgan fingerprint density at radius 3 is 2.63 bits per heavy atom. The SMILES string of the molecule is Cc1cccc(-c2nc(C=O)c3cc(C)ccn23)c1. The number of aromatic nitrogens is 2. The lowest BCUT2D eigenvalue weighted by Gasteiger charge is -2.03. The highest BCUT2D eigenvalue weighted by Gasteiger charge is 2.12. The van der Waals surface area contributed by atoms with Crippen LogP contribution in [-0.2, 0) is 0 Å². The second-order valence-corrected chi connectivity index (χ2v) is 4.77. The van der Waals surface area contributed by atoms with Crippen LogP contribution in [0.2, 0.25) is 0 Å². The zero-order valence-electron chi connectivity index (χ0n) is 10.9. The number of benzene rings is 1. The van der Waals surface area contributed by atoms with Crippen LogP contribution in [0, 0.1) is 13.8 Å². The van der Waals surface area contributed by atoms with E-state index in [0.29, 0.717) is 5.69 Å². The molecule has 0 saturated heterocycles. The van der Waals surface area contributed by atoms with Crippen LogP contribution >= 0.6 is 0 Å². The van der Waals surface area contributed by atoms with Gasteiger partial charge in [0.1, 0.15) is 11.5 Å². The highest BCUT2D eigenvalue weighted by Crippen LogP contribution is 2.23. The van der Waals surface area contributed by atoms with Crippen LogP contribution in [0.15, 0.2) is 42.6 Å². The average molecular weight is 250 g/mol. The minimum Gasteiger partial charge on any atom is -0.299 e. The fraction of sp³-hybridized carbons (Fsp3) is 0.125. The fourth-order valence-electron chi connectivity index (χ4n) is 2.29. The number of aldehydes is 1. The molecule has 3 aromatic rings. The number of pyridine rings is 1. The monoisotopic (exact) mass is 250 g/mol. The second kappa shape index (κ2) is 4.35. The Balaban J connectivity index is 2.33. The third-order valence-corrected chi connectivity index (χ3v) is 3.22. The van der Waals surface area contributed by atoms with Crippen LogP contribution in [0.4, 0.5) is 0 Å². The van der Waals surface area contributed by atoms with Gasteiger partial charge in [0.05, 0.1) is 5.52 Å². The summed E-state index contributed by atoms with van der Waals surface area (Å²) in [5.74, 6) is 0.806. The van der Waals surface area contributed by atoms with E-state index in [1.54, 1.807) is 0 Å². The first kappa shape index (κ1) is 11.7. The van der Waals surface area contributed by atoms with Crippen molar-refractivity contribution in [3.05, 3.63) is 59.4 Å². The molecule has 94 valence electrons. The lowest BCUT2D eigenvalue weighted by atomic mass is 10.1. The Labute approximate surface area is 111 Å². The van der Waals surface area contributed by atoms with Crippen LogP contribution in [0.3, 0.4) is 0 Å². The summed E-state index contributed by atoms with van der Waals surface area (Å²) in [7, 11) is 0. The molecule has 0 aliphatic rings. The highest BCUT2D eigenvalue weighted by atomic mass is 16.1. The van der Waals surface area contributed by atoms with E-state index in [2.05, 4.69) is 11.1 Å². The standard InChI is InChI=1S/C16H14N2O/c1-11-4-3-5-13(8-11)16-17-14(10-19)15-9-12(2)6-7-18(15)16/h3-10H,1-2H3. The molecule has 0 N–H and O–H groups in total. The van der Waals surface area contributed by atoms with Gasteiger partial charge in [0, 0.05) is 11.8 Å². The molecular weight excluding hydrogens is 236 g/mol. The highest BCUT2D eigenvalue weighted by molar-refractivity contribution is 5.86. The van der Waals surface area contributed by atoms with Crippen LogP contribution < -0.4 is 0 Å². The van der Waals surface area contributed by atoms with E-state index in [-0.39, 0.29) is 0 Å². The summed E-state index contributed by atoms with van der Waals surface area (Å²) in [6, 6.07) is 12.1. The molecule has 19 heavy (non-hydrogen) atoms. The molecule has 0 bridgehead atoms. The van der Waals surface area contributed by atoms with E-state index in [4.69, 9.17) is 0 Å². The Morgan fingerprint density at radius 2 is 1.89 bits per heavy atom. The van der Waals surface area contributed by atoms with Crippen LogP contribution in [0.1, 0.15) is 21.6 Å². The van der Waals surface area contributed by atoms with Gasteiger partial charge in [-0.1, -0.05) is 23.8 Å². The van der Waals surface area contributed by atoms with Crippen molar-refractivity contribution in [2.75, 3.05) is 0 Å². The fourth-order valence-corrected chi connectivity index (χ4v) is 2.29. The number of imidazole rings is 1. The van der Waals surface area contributed by atoms with Crippen molar-refractivity contribution in [2.45, 2.75) is 13.8 Å². The number of rotatable bonds is 2. The maximum absolute atomic E-state index is 11.2. The molecular formula is C16H14N2O. The van der Waals surface area contributed by atoms with Gasteiger partial charge in [0.15, 0.2) is 6.29 Å². The van der Waals surface area contributed by atoms with Gasteiger partial charge in [-0.2, -0.15) is 0 Å². The summed E-state index contributed by atoms with van der Waals surface area (Å²) in [5, 5.41) is 0. The predicted octanol–water partition coefficient (Wildman–Crippen LogP) is 3.43. The first-order chi connectivity index (χ1) is 9.19. The molecule has 0 unspecified atom stereocenters. The lowest BCUT2D eigenvalue weighted by molar-refractivity contribution is 0.112. The number of hydrogen-bond acceptors (Lipinski definition) is 2. The van der Waals surface area contributed by atoms with Gasteiger partial charge in [-0.25, -0.2) is 4.98 Å². The van der Waals surface area contributed by atoms with Crippen molar-refractivity contribution in [2.24, 2.45) is 0 Å². The number of nitrogens with zero attached hydrogens (tertiary/aromatic N) is 2. The maximum atomic E-state index is 11.2. The van der Waals surface area contributed by atoms with E-state index < -0.39 is 0 Å². The summed E-state index contributed by atoms with van der Waals surface area (Å²) < 4.78 is 1.96. The largest absolute Gasteiger partial charge is 0.299 e. The molecule has 0 radical (unpaired) electrons. The van der Waals surface area contributed by atoms with Gasteiger partial charge in [0.25, 0.3) is 0 Å². The van der Waals surface area contributed by atoms with Crippen LogP contribution in [0.5, 0.6) is 0 Å². The quantitative estimate of drug-likeness (QED) is 0.653. The Morgan fingerprint density at radius 1 is 1.11 bits per heavy atom. The molecule has 0 aliphatic heterocycles. The number of aryl methyl sites for hydroxylation is 2. The number of carbonyl (C=O) groups excluding carboxylic acids is 1. The molecule has 0 aliphatic carbocycles. The minimum atomic E-state index is 0.486. The summed E-state index contributed by atoms with van der Waals surface area (Å²) in [6.45, 7) is 4.05. The molecule has 0 saturated carbocycles. The summed E-state index contributed by atoms with van der Waals surface area (Å²) in [5.41, 5.74) is 4.65. The van der Waals surface area contributed by atoms with E-state index in [1.807, 2.05) is 54.8 Å². The summed E-state index contributed by atoms with van der Waals surface area (Å²) >= 11 is 0. The van der Waals surface area contributed by atoms with Crippen LogP contribution in [0.25, 0.3) is 16.9 Å². The minimum absolute atomic E-state index is 0.486. The van der Waals surface area contributed by atoms with Crippen molar-refractivity contribution in [1.29, 1.82) is 0 Å². The summed E-state index contributed by atoms with van der Waals surface area (Å²) in [6.07, 6.45) is 2.77. The number of hydrogen-bond donors (Lipinski definition) is 0. The molecule has 0 atom stereocenters. The van der Waals surface area contributed by atoms with Gasteiger partial charge in [-0.3, -0.25) is 9.20 Å². The topological polar surface area (TPSA) is 34.4 Å². The normalized spacial score (nSPS) is 10.8. The molecule has 1 aromatic carbocycles. The molecule has 3 rings (SSSR count). The first-order valence-corrected chi connectivity index (χ1v) is 6.20. The number of carbonyl (C=O) groups is 1. The third-order valence-electron chi connectivity index (χ3n) is 3.22. The van der Waals surface area contributed by atoms with E-state index in [0.717, 1.165) is 28.8 Å². The van der Waals surface area contributed by atoms with Gasteiger partial charge in [-0.15, -0.1) is 0 Å².